The molecule has 0 atom stereocenters. The van der Waals surface area contributed by atoms with Gasteiger partial charge in [0.15, 0.2) is 6.04 Å². The Labute approximate surface area is 136 Å². The Bertz CT molecular complexity index is 371. The van der Waals surface area contributed by atoms with Gasteiger partial charge in [-0.2, -0.15) is 0 Å². The summed E-state index contributed by atoms with van der Waals surface area (Å²) in [6.07, 6.45) is 8.33. The van der Waals surface area contributed by atoms with E-state index in [0.717, 1.165) is 64.5 Å². The van der Waals surface area contributed by atoms with Gasteiger partial charge in [-0.15, -0.1) is 0 Å². The van der Waals surface area contributed by atoms with E-state index in [9.17, 15) is 9.90 Å². The molecule has 2 aliphatic heterocycles. The second kappa shape index (κ2) is 9.86. The van der Waals surface area contributed by atoms with Crippen molar-refractivity contribution < 1.29 is 14.5 Å². The molecule has 0 bridgehead atoms. The van der Waals surface area contributed by atoms with Crippen LogP contribution < -0.4 is 0 Å². The van der Waals surface area contributed by atoms with Crippen LogP contribution in [-0.2, 0) is 4.79 Å². The molecule has 1 fully saturated rings. The summed E-state index contributed by atoms with van der Waals surface area (Å²) in [5.41, 5.74) is 0. The molecular formula is C18H35N2O2+. The van der Waals surface area contributed by atoms with Crippen molar-refractivity contribution in [1.82, 2.24) is 4.90 Å². The summed E-state index contributed by atoms with van der Waals surface area (Å²) in [7, 11) is 0. The minimum atomic E-state index is 0.360. The van der Waals surface area contributed by atoms with Gasteiger partial charge in [-0.25, -0.2) is 4.58 Å². The highest BCUT2D eigenvalue weighted by molar-refractivity contribution is 5.78. The molecular weight excluding hydrogens is 276 g/mol. The SMILES string of the molecule is CCC(CC)N1CCCC1=O.CCC(CC)[N+]1=C(O)CCC1. The normalized spacial score (nSPS) is 18.5. The quantitative estimate of drug-likeness (QED) is 0.759. The van der Waals surface area contributed by atoms with E-state index in [1.807, 2.05) is 4.90 Å². The fourth-order valence-corrected chi connectivity index (χ4v) is 3.59. The maximum absolute atomic E-state index is 11.3. The zero-order valence-corrected chi connectivity index (χ0v) is 15.0. The smallest absolute Gasteiger partial charge is 0.334 e. The first-order valence-electron chi connectivity index (χ1n) is 9.19. The zero-order valence-electron chi connectivity index (χ0n) is 15.0. The minimum absolute atomic E-state index is 0.360. The molecule has 1 amide bonds. The predicted octanol–water partition coefficient (Wildman–Crippen LogP) is 3.74. The van der Waals surface area contributed by atoms with Crippen LogP contribution in [0.2, 0.25) is 0 Å². The largest absolute Gasteiger partial charge is 0.464 e. The number of hydrogen-bond donors (Lipinski definition) is 1. The van der Waals surface area contributed by atoms with Crippen LogP contribution >= 0.6 is 0 Å². The topological polar surface area (TPSA) is 43.5 Å². The third-order valence-corrected chi connectivity index (χ3v) is 5.01. The van der Waals surface area contributed by atoms with E-state index >= 15 is 0 Å². The standard InChI is InChI=1S/2C9H17NO/c2*1-3-8(4-2)10-7-5-6-9(10)11/h2*8H,3-7H2,1-2H3/p+1. The number of likely N-dealkylation sites (tertiary alicyclic amines) is 1. The molecule has 4 heteroatoms. The lowest BCUT2D eigenvalue weighted by atomic mass is 10.1. The Morgan fingerprint density at radius 1 is 1.05 bits per heavy atom. The van der Waals surface area contributed by atoms with E-state index < -0.39 is 0 Å². The monoisotopic (exact) mass is 311 g/mol. The average Bonchev–Trinajstić information content (AvgIpc) is 3.13. The average molecular weight is 311 g/mol. The second-order valence-corrected chi connectivity index (χ2v) is 6.34. The Morgan fingerprint density at radius 3 is 2.05 bits per heavy atom. The van der Waals surface area contributed by atoms with Crippen molar-refractivity contribution in [2.75, 3.05) is 13.1 Å². The van der Waals surface area contributed by atoms with Gasteiger partial charge in [0.2, 0.25) is 5.91 Å². The molecule has 2 aliphatic rings. The summed E-state index contributed by atoms with van der Waals surface area (Å²) >= 11 is 0. The Morgan fingerprint density at radius 2 is 1.68 bits per heavy atom. The van der Waals surface area contributed by atoms with Crippen molar-refractivity contribution in [1.29, 1.82) is 0 Å². The van der Waals surface area contributed by atoms with E-state index in [1.165, 1.54) is 0 Å². The molecule has 1 N–H and O–H groups in total. The molecule has 1 saturated heterocycles. The second-order valence-electron chi connectivity index (χ2n) is 6.34. The van der Waals surface area contributed by atoms with E-state index in [-0.39, 0.29) is 0 Å². The fraction of sp³-hybridized carbons (Fsp3) is 0.889. The number of hydrogen-bond acceptors (Lipinski definition) is 1. The molecule has 128 valence electrons. The number of amides is 1. The molecule has 2 rings (SSSR count). The maximum atomic E-state index is 11.3. The molecule has 0 radical (unpaired) electrons. The molecule has 0 aromatic rings. The molecule has 0 aliphatic carbocycles. The summed E-state index contributed by atoms with van der Waals surface area (Å²) in [4.78, 5) is 13.3. The van der Waals surface area contributed by atoms with Gasteiger partial charge in [0, 0.05) is 38.3 Å². The van der Waals surface area contributed by atoms with Crippen molar-refractivity contribution in [3.8, 4) is 0 Å². The van der Waals surface area contributed by atoms with Gasteiger partial charge in [0.1, 0.15) is 6.54 Å². The first kappa shape index (κ1) is 19.0. The third-order valence-electron chi connectivity index (χ3n) is 5.01. The molecule has 0 aromatic heterocycles. The Hall–Kier alpha value is -1.06. The Kier molecular flexibility index (Phi) is 8.51. The first-order chi connectivity index (χ1) is 10.6. The summed E-state index contributed by atoms with van der Waals surface area (Å²) in [5.74, 6) is 0.970. The lowest BCUT2D eigenvalue weighted by Crippen LogP contribution is -2.35. The molecule has 0 unspecified atom stereocenters. The van der Waals surface area contributed by atoms with Crippen LogP contribution in [0.15, 0.2) is 0 Å². The molecule has 0 spiro atoms. The number of aliphatic hydroxyl groups is 1. The van der Waals surface area contributed by atoms with Gasteiger partial charge in [0.25, 0.3) is 0 Å². The minimum Gasteiger partial charge on any atom is -0.464 e. The number of carbonyl (C=O) groups is 1. The zero-order chi connectivity index (χ0) is 16.5. The van der Waals surface area contributed by atoms with Gasteiger partial charge in [-0.3, -0.25) is 4.79 Å². The lowest BCUT2D eigenvalue weighted by molar-refractivity contribution is -0.566. The summed E-state index contributed by atoms with van der Waals surface area (Å²) < 4.78 is 2.15. The molecule has 2 heterocycles. The molecule has 0 saturated carbocycles. The van der Waals surface area contributed by atoms with E-state index in [0.29, 0.717) is 23.9 Å². The van der Waals surface area contributed by atoms with Crippen molar-refractivity contribution in [3.05, 3.63) is 0 Å². The van der Waals surface area contributed by atoms with E-state index in [4.69, 9.17) is 0 Å². The van der Waals surface area contributed by atoms with Crippen LogP contribution in [0.1, 0.15) is 79.1 Å². The molecule has 0 aromatic carbocycles. The highest BCUT2D eigenvalue weighted by atomic mass is 16.3. The van der Waals surface area contributed by atoms with Gasteiger partial charge in [0.05, 0.1) is 6.42 Å². The number of aliphatic hydroxyl groups excluding tert-OH is 1. The van der Waals surface area contributed by atoms with E-state index in [2.05, 4.69) is 32.3 Å². The van der Waals surface area contributed by atoms with Crippen molar-refractivity contribution in [3.63, 3.8) is 0 Å². The van der Waals surface area contributed by atoms with Crippen LogP contribution in [-0.4, -0.2) is 51.6 Å². The lowest BCUT2D eigenvalue weighted by Gasteiger charge is -2.25. The molecule has 4 nitrogen and oxygen atoms in total. The van der Waals surface area contributed by atoms with E-state index in [1.54, 1.807) is 0 Å². The third kappa shape index (κ3) is 4.99. The highest BCUT2D eigenvalue weighted by Crippen LogP contribution is 2.17. The Balaban J connectivity index is 0.000000220. The van der Waals surface area contributed by atoms with Crippen LogP contribution in [0.4, 0.5) is 0 Å². The van der Waals surface area contributed by atoms with Crippen LogP contribution in [0, 0.1) is 0 Å². The summed E-state index contributed by atoms with van der Waals surface area (Å²) in [5, 5.41) is 9.46. The van der Waals surface area contributed by atoms with Crippen LogP contribution in [0.5, 0.6) is 0 Å². The van der Waals surface area contributed by atoms with Crippen LogP contribution in [0.3, 0.4) is 0 Å². The van der Waals surface area contributed by atoms with Gasteiger partial charge in [-0.1, -0.05) is 27.7 Å². The first-order valence-corrected chi connectivity index (χ1v) is 9.19. The summed E-state index contributed by atoms with van der Waals surface area (Å²) in [6.45, 7) is 10.7. The number of carbonyl (C=O) groups excluding carboxylic acids is 1. The fourth-order valence-electron chi connectivity index (χ4n) is 3.59. The summed E-state index contributed by atoms with van der Waals surface area (Å²) in [6, 6.07) is 1.07. The van der Waals surface area contributed by atoms with Crippen molar-refractivity contribution in [2.24, 2.45) is 0 Å². The van der Waals surface area contributed by atoms with Crippen molar-refractivity contribution >= 4 is 11.8 Å². The van der Waals surface area contributed by atoms with Gasteiger partial charge in [-0.05, 0) is 19.3 Å². The maximum Gasteiger partial charge on any atom is 0.334 e. The molecule has 22 heavy (non-hydrogen) atoms. The van der Waals surface area contributed by atoms with Crippen molar-refractivity contribution in [2.45, 2.75) is 91.1 Å². The van der Waals surface area contributed by atoms with Gasteiger partial charge >= 0.3 is 5.90 Å². The number of nitrogens with zero attached hydrogens (tertiary/aromatic N) is 2. The van der Waals surface area contributed by atoms with Gasteiger partial charge < -0.3 is 10.0 Å². The highest BCUT2D eigenvalue weighted by Gasteiger charge is 2.27. The predicted molar refractivity (Wildman–Crippen MR) is 91.7 cm³/mol. The van der Waals surface area contributed by atoms with Crippen LogP contribution in [0.25, 0.3) is 0 Å². The number of rotatable bonds is 6.